The van der Waals surface area contributed by atoms with Gasteiger partial charge in [-0.3, -0.25) is 14.6 Å². The lowest BCUT2D eigenvalue weighted by Gasteiger charge is -2.10. The quantitative estimate of drug-likeness (QED) is 0.784. The van der Waals surface area contributed by atoms with Crippen molar-refractivity contribution in [1.29, 1.82) is 0 Å². The van der Waals surface area contributed by atoms with Crippen LogP contribution in [-0.4, -0.2) is 35.9 Å². The van der Waals surface area contributed by atoms with Crippen LogP contribution in [0.15, 0.2) is 41.9 Å². The summed E-state index contributed by atoms with van der Waals surface area (Å²) in [5.74, 6) is 0.123. The number of methoxy groups -OCH3 is 1. The molecule has 1 aromatic rings. The lowest BCUT2D eigenvalue weighted by molar-refractivity contribution is -0.122. The van der Waals surface area contributed by atoms with Gasteiger partial charge in [-0.1, -0.05) is 30.0 Å². The van der Waals surface area contributed by atoms with Crippen molar-refractivity contribution in [3.8, 4) is 5.75 Å². The van der Waals surface area contributed by atoms with E-state index in [1.54, 1.807) is 24.3 Å². The Labute approximate surface area is 133 Å². The first kappa shape index (κ1) is 16.1. The Kier molecular flexibility index (Phi) is 5.60. The summed E-state index contributed by atoms with van der Waals surface area (Å²) in [6, 6.07) is 7.12. The minimum atomic E-state index is -0.474. The number of amides is 2. The fourth-order valence-electron chi connectivity index (χ4n) is 1.88. The van der Waals surface area contributed by atoms with Crippen molar-refractivity contribution < 1.29 is 14.3 Å². The summed E-state index contributed by atoms with van der Waals surface area (Å²) in [6.45, 7) is 4.00. The largest absolute Gasteiger partial charge is 0.495 e. The number of thioether (sulfide) groups is 1. The van der Waals surface area contributed by atoms with E-state index in [0.29, 0.717) is 23.1 Å². The van der Waals surface area contributed by atoms with E-state index in [1.165, 1.54) is 18.9 Å². The molecule has 6 nitrogen and oxygen atoms in total. The predicted octanol–water partition coefficient (Wildman–Crippen LogP) is 1.80. The van der Waals surface area contributed by atoms with Crippen LogP contribution < -0.4 is 15.4 Å². The Balaban J connectivity index is 1.95. The van der Waals surface area contributed by atoms with Crippen LogP contribution >= 0.6 is 11.8 Å². The average Bonchev–Trinajstić information content (AvgIpc) is 2.85. The molecule has 1 saturated heterocycles. The molecule has 1 aliphatic rings. The van der Waals surface area contributed by atoms with Gasteiger partial charge in [-0.05, 0) is 12.1 Å². The molecule has 2 amide bonds. The van der Waals surface area contributed by atoms with Crippen molar-refractivity contribution in [3.63, 3.8) is 0 Å². The van der Waals surface area contributed by atoms with Crippen LogP contribution in [0.3, 0.4) is 0 Å². The van der Waals surface area contributed by atoms with Gasteiger partial charge < -0.3 is 15.4 Å². The van der Waals surface area contributed by atoms with E-state index in [0.717, 1.165) is 0 Å². The molecule has 1 aromatic carbocycles. The van der Waals surface area contributed by atoms with E-state index < -0.39 is 5.25 Å². The molecule has 22 heavy (non-hydrogen) atoms. The molecule has 116 valence electrons. The number of amidine groups is 1. The second-order valence-electron chi connectivity index (χ2n) is 4.48. The van der Waals surface area contributed by atoms with Crippen LogP contribution in [-0.2, 0) is 9.59 Å². The third kappa shape index (κ3) is 4.11. The van der Waals surface area contributed by atoms with E-state index in [1.807, 2.05) is 6.07 Å². The second kappa shape index (κ2) is 7.65. The van der Waals surface area contributed by atoms with Gasteiger partial charge in [0.2, 0.25) is 11.8 Å². The molecule has 0 saturated carbocycles. The first-order valence-corrected chi connectivity index (χ1v) is 7.57. The molecule has 0 unspecified atom stereocenters. The normalized spacial score (nSPS) is 18.9. The monoisotopic (exact) mass is 319 g/mol. The van der Waals surface area contributed by atoms with Crippen molar-refractivity contribution >= 4 is 34.4 Å². The lowest BCUT2D eigenvalue weighted by Crippen LogP contribution is -2.28. The summed E-state index contributed by atoms with van der Waals surface area (Å²) in [5.41, 5.74) is 0.582. The zero-order valence-electron chi connectivity index (χ0n) is 12.2. The van der Waals surface area contributed by atoms with Gasteiger partial charge in [-0.25, -0.2) is 0 Å². The molecule has 0 aromatic heterocycles. The summed E-state index contributed by atoms with van der Waals surface area (Å²) < 4.78 is 5.17. The zero-order chi connectivity index (χ0) is 15.9. The molecular formula is C15H17N3O3S. The Morgan fingerprint density at radius 3 is 3.05 bits per heavy atom. The summed E-state index contributed by atoms with van der Waals surface area (Å²) in [6.07, 6.45) is 1.71. The fourth-order valence-corrected chi connectivity index (χ4v) is 2.86. The fraction of sp³-hybridized carbons (Fsp3) is 0.267. The standard InChI is InChI=1S/C15H17N3O3S/c1-3-8-16-15-18-14(20)12(22-15)9-13(19)17-10-6-4-5-7-11(10)21-2/h3-7,12H,1,8-9H2,2H3,(H,17,19)(H,16,18,20)/t12-/m1/s1. The van der Waals surface area contributed by atoms with Gasteiger partial charge in [0.05, 0.1) is 19.3 Å². The third-order valence-corrected chi connectivity index (χ3v) is 4.01. The molecule has 1 fully saturated rings. The maximum Gasteiger partial charge on any atom is 0.240 e. The number of ether oxygens (including phenoxy) is 1. The first-order chi connectivity index (χ1) is 10.6. The molecule has 0 radical (unpaired) electrons. The number of para-hydroxylation sites is 2. The molecule has 2 N–H and O–H groups in total. The number of carbonyl (C=O) groups is 2. The maximum absolute atomic E-state index is 12.1. The van der Waals surface area contributed by atoms with Crippen molar-refractivity contribution in [3.05, 3.63) is 36.9 Å². The van der Waals surface area contributed by atoms with Crippen LogP contribution in [0.5, 0.6) is 5.75 Å². The molecular weight excluding hydrogens is 302 g/mol. The SMILES string of the molecule is C=CCN=C1NC(=O)[C@@H](CC(=O)Nc2ccccc2OC)S1. The van der Waals surface area contributed by atoms with Crippen LogP contribution in [0.2, 0.25) is 0 Å². The molecule has 0 spiro atoms. The minimum Gasteiger partial charge on any atom is -0.495 e. The number of anilines is 1. The summed E-state index contributed by atoms with van der Waals surface area (Å²) >= 11 is 1.26. The van der Waals surface area contributed by atoms with Crippen LogP contribution in [0, 0.1) is 0 Å². The van der Waals surface area contributed by atoms with Crippen molar-refractivity contribution in [1.82, 2.24) is 5.32 Å². The summed E-state index contributed by atoms with van der Waals surface area (Å²) in [4.78, 5) is 28.0. The van der Waals surface area contributed by atoms with Gasteiger partial charge in [-0.2, -0.15) is 0 Å². The Morgan fingerprint density at radius 2 is 2.32 bits per heavy atom. The molecule has 0 bridgehead atoms. The van der Waals surface area contributed by atoms with Gasteiger partial charge >= 0.3 is 0 Å². The highest BCUT2D eigenvalue weighted by molar-refractivity contribution is 8.15. The minimum absolute atomic E-state index is 0.0711. The number of aliphatic imine (C=N–C) groups is 1. The van der Waals surface area contributed by atoms with E-state index >= 15 is 0 Å². The summed E-state index contributed by atoms with van der Waals surface area (Å²) in [7, 11) is 1.54. The molecule has 1 heterocycles. The molecule has 1 aliphatic heterocycles. The molecule has 1 atom stereocenters. The number of benzene rings is 1. The van der Waals surface area contributed by atoms with E-state index in [2.05, 4.69) is 22.2 Å². The van der Waals surface area contributed by atoms with Gasteiger partial charge in [0.25, 0.3) is 0 Å². The van der Waals surface area contributed by atoms with Gasteiger partial charge in [0.15, 0.2) is 5.17 Å². The molecule has 7 heteroatoms. The Morgan fingerprint density at radius 1 is 1.55 bits per heavy atom. The Hall–Kier alpha value is -2.28. The van der Waals surface area contributed by atoms with Crippen LogP contribution in [0.25, 0.3) is 0 Å². The number of hydrogen-bond donors (Lipinski definition) is 2. The highest BCUT2D eigenvalue weighted by atomic mass is 32.2. The van der Waals surface area contributed by atoms with Crippen LogP contribution in [0.1, 0.15) is 6.42 Å². The number of rotatable bonds is 6. The van der Waals surface area contributed by atoms with Gasteiger partial charge in [-0.15, -0.1) is 6.58 Å². The summed E-state index contributed by atoms with van der Waals surface area (Å²) in [5, 5.41) is 5.46. The topological polar surface area (TPSA) is 79.8 Å². The highest BCUT2D eigenvalue weighted by Gasteiger charge is 2.31. The molecule has 2 rings (SSSR count). The number of nitrogens with one attached hydrogen (secondary N) is 2. The highest BCUT2D eigenvalue weighted by Crippen LogP contribution is 2.26. The second-order valence-corrected chi connectivity index (χ2v) is 5.67. The average molecular weight is 319 g/mol. The lowest BCUT2D eigenvalue weighted by atomic mass is 10.2. The zero-order valence-corrected chi connectivity index (χ0v) is 13.0. The smallest absolute Gasteiger partial charge is 0.240 e. The first-order valence-electron chi connectivity index (χ1n) is 6.69. The number of nitrogens with zero attached hydrogens (tertiary/aromatic N) is 1. The van der Waals surface area contributed by atoms with Crippen molar-refractivity contribution in [2.75, 3.05) is 19.0 Å². The predicted molar refractivity (Wildman–Crippen MR) is 88.3 cm³/mol. The Bertz CT molecular complexity index is 616. The molecule has 0 aliphatic carbocycles. The van der Waals surface area contributed by atoms with E-state index in [4.69, 9.17) is 4.74 Å². The van der Waals surface area contributed by atoms with Crippen LogP contribution in [0.4, 0.5) is 5.69 Å². The van der Waals surface area contributed by atoms with E-state index in [9.17, 15) is 9.59 Å². The maximum atomic E-state index is 12.1. The third-order valence-electron chi connectivity index (χ3n) is 2.89. The van der Waals surface area contributed by atoms with Crippen molar-refractivity contribution in [2.45, 2.75) is 11.7 Å². The van der Waals surface area contributed by atoms with E-state index in [-0.39, 0.29) is 18.2 Å². The van der Waals surface area contributed by atoms with Crippen molar-refractivity contribution in [2.24, 2.45) is 4.99 Å². The number of carbonyl (C=O) groups excluding carboxylic acids is 2. The van der Waals surface area contributed by atoms with Gasteiger partial charge in [0, 0.05) is 6.42 Å². The number of hydrogen-bond acceptors (Lipinski definition) is 5. The van der Waals surface area contributed by atoms with Gasteiger partial charge in [0.1, 0.15) is 11.0 Å².